The number of methoxy groups -OCH3 is 1. The van der Waals surface area contributed by atoms with Gasteiger partial charge in [-0.2, -0.15) is 0 Å². The van der Waals surface area contributed by atoms with Crippen LogP contribution in [0.3, 0.4) is 0 Å². The highest BCUT2D eigenvalue weighted by molar-refractivity contribution is 7.92. The molecule has 11 heteroatoms. The van der Waals surface area contributed by atoms with Crippen molar-refractivity contribution in [1.82, 2.24) is 4.90 Å². The number of benzene rings is 4. The predicted octanol–water partition coefficient (Wildman–Crippen LogP) is 6.10. The fourth-order valence-corrected chi connectivity index (χ4v) is 6.44. The molecule has 1 fully saturated rings. The molecule has 0 saturated carbocycles. The third-order valence-electron chi connectivity index (χ3n) is 7.40. The number of hydrogen-bond acceptors (Lipinski definition) is 6. The molecule has 1 saturated heterocycles. The molecule has 45 heavy (non-hydrogen) atoms. The van der Waals surface area contributed by atoms with Crippen LogP contribution in [-0.4, -0.2) is 66.2 Å². The monoisotopic (exact) mass is 628 g/mol. The zero-order valence-corrected chi connectivity index (χ0v) is 26.5. The van der Waals surface area contributed by atoms with Gasteiger partial charge in [0.05, 0.1) is 19.4 Å². The van der Waals surface area contributed by atoms with Crippen molar-refractivity contribution in [2.24, 2.45) is 0 Å². The van der Waals surface area contributed by atoms with Crippen molar-refractivity contribution in [3.8, 4) is 22.6 Å². The maximum Gasteiger partial charge on any atom is 0.328 e. The number of nitrogens with zero attached hydrogens (tertiary/aromatic N) is 3. The second-order valence-corrected chi connectivity index (χ2v) is 12.3. The Labute approximate surface area is 263 Å². The zero-order valence-electron chi connectivity index (χ0n) is 25.7. The molecule has 0 aliphatic carbocycles. The molecule has 0 aromatic heterocycles. The van der Waals surface area contributed by atoms with E-state index < -0.39 is 10.0 Å². The zero-order chi connectivity index (χ0) is 32.1. The number of anilines is 3. The van der Waals surface area contributed by atoms with E-state index >= 15 is 0 Å². The van der Waals surface area contributed by atoms with Gasteiger partial charge in [-0.3, -0.25) is 19.3 Å². The second kappa shape index (κ2) is 13.3. The van der Waals surface area contributed by atoms with Gasteiger partial charge in [0, 0.05) is 44.1 Å². The average Bonchev–Trinajstić information content (AvgIpc) is 3.04. The fraction of sp³-hybridized carbons (Fsp3) is 0.235. The van der Waals surface area contributed by atoms with E-state index in [2.05, 4.69) is 4.72 Å². The molecule has 1 heterocycles. The molecule has 0 unspecified atom stereocenters. The van der Waals surface area contributed by atoms with Gasteiger partial charge in [0.1, 0.15) is 16.4 Å². The molecule has 4 aromatic rings. The van der Waals surface area contributed by atoms with Crippen LogP contribution >= 0.6 is 0 Å². The SMILES string of the molecule is CCOc1ccc(N2CCCN(c3cccc(NS(=O)(=O)c4cc(-c5cccc(C(=O)N(C)C)c5)ccc4OC)c3)C2=O)cc1. The Kier molecular flexibility index (Phi) is 9.29. The highest BCUT2D eigenvalue weighted by Crippen LogP contribution is 2.33. The summed E-state index contributed by atoms with van der Waals surface area (Å²) in [5, 5.41) is 0. The van der Waals surface area contributed by atoms with Crippen molar-refractivity contribution < 1.29 is 27.5 Å². The molecule has 1 N–H and O–H groups in total. The lowest BCUT2D eigenvalue weighted by atomic mass is 10.0. The van der Waals surface area contributed by atoms with Gasteiger partial charge in [0.2, 0.25) is 0 Å². The first-order valence-corrected chi connectivity index (χ1v) is 16.0. The minimum atomic E-state index is -4.13. The lowest BCUT2D eigenvalue weighted by molar-refractivity contribution is 0.0827. The summed E-state index contributed by atoms with van der Waals surface area (Å²) in [6, 6.07) is 25.8. The largest absolute Gasteiger partial charge is 0.495 e. The Balaban J connectivity index is 1.40. The Morgan fingerprint density at radius 1 is 0.867 bits per heavy atom. The molecule has 0 atom stereocenters. The number of sulfonamides is 1. The summed E-state index contributed by atoms with van der Waals surface area (Å²) in [6.07, 6.45) is 0.736. The summed E-state index contributed by atoms with van der Waals surface area (Å²) in [5.74, 6) is 0.743. The highest BCUT2D eigenvalue weighted by atomic mass is 32.2. The Bertz CT molecular complexity index is 1810. The van der Waals surface area contributed by atoms with Crippen LogP contribution in [-0.2, 0) is 10.0 Å². The first-order chi connectivity index (χ1) is 21.6. The molecule has 1 aliphatic rings. The standard InChI is InChI=1S/C34H36N4O6S/c1-5-44-30-16-14-28(15-17-30)37-19-8-20-38(34(37)40)29-12-7-11-27(23-29)35-45(41,42)32-22-25(13-18-31(32)43-4)24-9-6-10-26(21-24)33(39)36(2)3/h6-7,9-18,21-23,35H,5,8,19-20H2,1-4H3. The Hall–Kier alpha value is -5.03. The normalized spacial score (nSPS) is 13.4. The Morgan fingerprint density at radius 2 is 1.56 bits per heavy atom. The van der Waals surface area contributed by atoms with Gasteiger partial charge >= 0.3 is 6.03 Å². The summed E-state index contributed by atoms with van der Waals surface area (Å²) in [5.41, 5.74) is 3.40. The summed E-state index contributed by atoms with van der Waals surface area (Å²) < 4.78 is 41.1. The number of rotatable bonds is 10. The molecule has 234 valence electrons. The quantitative estimate of drug-likeness (QED) is 0.227. The topological polar surface area (TPSA) is 108 Å². The fourth-order valence-electron chi connectivity index (χ4n) is 5.20. The van der Waals surface area contributed by atoms with Gasteiger partial charge in [-0.05, 0) is 91.2 Å². The number of nitrogens with one attached hydrogen (secondary N) is 1. The third-order valence-corrected chi connectivity index (χ3v) is 8.80. The summed E-state index contributed by atoms with van der Waals surface area (Å²) in [4.78, 5) is 30.8. The molecule has 0 bridgehead atoms. The number of carbonyl (C=O) groups is 2. The number of ether oxygens (including phenoxy) is 2. The van der Waals surface area contributed by atoms with Crippen LogP contribution < -0.4 is 24.0 Å². The van der Waals surface area contributed by atoms with E-state index in [1.807, 2.05) is 37.3 Å². The van der Waals surface area contributed by atoms with Gasteiger partial charge < -0.3 is 14.4 Å². The maximum absolute atomic E-state index is 13.7. The lowest BCUT2D eigenvalue weighted by Crippen LogP contribution is -2.49. The van der Waals surface area contributed by atoms with Crippen LogP contribution in [0.2, 0.25) is 0 Å². The van der Waals surface area contributed by atoms with Crippen LogP contribution in [0.4, 0.5) is 21.9 Å². The lowest BCUT2D eigenvalue weighted by Gasteiger charge is -2.35. The van der Waals surface area contributed by atoms with E-state index in [4.69, 9.17) is 9.47 Å². The van der Waals surface area contributed by atoms with Crippen molar-refractivity contribution in [2.45, 2.75) is 18.2 Å². The van der Waals surface area contributed by atoms with E-state index in [0.29, 0.717) is 47.8 Å². The van der Waals surface area contributed by atoms with Crippen LogP contribution in [0, 0.1) is 0 Å². The van der Waals surface area contributed by atoms with Crippen molar-refractivity contribution in [3.63, 3.8) is 0 Å². The first kappa shape index (κ1) is 31.4. The van der Waals surface area contributed by atoms with Crippen molar-refractivity contribution >= 4 is 39.0 Å². The van der Waals surface area contributed by atoms with Gasteiger partial charge in [-0.15, -0.1) is 0 Å². The predicted molar refractivity (Wildman–Crippen MR) is 176 cm³/mol. The second-order valence-electron chi connectivity index (χ2n) is 10.7. The van der Waals surface area contributed by atoms with Crippen molar-refractivity contribution in [3.05, 3.63) is 96.6 Å². The van der Waals surface area contributed by atoms with Gasteiger partial charge in [0.15, 0.2) is 0 Å². The van der Waals surface area contributed by atoms with Crippen LogP contribution in [0.25, 0.3) is 11.1 Å². The van der Waals surface area contributed by atoms with E-state index in [0.717, 1.165) is 17.9 Å². The van der Waals surface area contributed by atoms with Gasteiger partial charge in [0.25, 0.3) is 15.9 Å². The number of amides is 3. The molecule has 0 radical (unpaired) electrons. The molecular formula is C34H36N4O6S. The minimum Gasteiger partial charge on any atom is -0.495 e. The first-order valence-electron chi connectivity index (χ1n) is 14.6. The average molecular weight is 629 g/mol. The molecule has 10 nitrogen and oxygen atoms in total. The van der Waals surface area contributed by atoms with E-state index in [1.165, 1.54) is 18.1 Å². The molecule has 0 spiro atoms. The van der Waals surface area contributed by atoms with Crippen LogP contribution in [0.1, 0.15) is 23.7 Å². The minimum absolute atomic E-state index is 0.0621. The Morgan fingerprint density at radius 3 is 2.24 bits per heavy atom. The smallest absolute Gasteiger partial charge is 0.328 e. The molecule has 5 rings (SSSR count). The summed E-state index contributed by atoms with van der Waals surface area (Å²) in [7, 11) is 0.627. The summed E-state index contributed by atoms with van der Waals surface area (Å²) in [6.45, 7) is 3.53. The highest BCUT2D eigenvalue weighted by Gasteiger charge is 2.29. The van der Waals surface area contributed by atoms with Crippen molar-refractivity contribution in [2.75, 3.05) is 55.4 Å². The van der Waals surface area contributed by atoms with E-state index in [9.17, 15) is 18.0 Å². The van der Waals surface area contributed by atoms with Crippen LogP contribution in [0.15, 0.2) is 95.9 Å². The molecule has 4 aromatic carbocycles. The summed E-state index contributed by atoms with van der Waals surface area (Å²) >= 11 is 0. The third kappa shape index (κ3) is 6.88. The number of carbonyl (C=O) groups excluding carboxylic acids is 2. The van der Waals surface area contributed by atoms with Gasteiger partial charge in [-0.25, -0.2) is 13.2 Å². The van der Waals surface area contributed by atoms with Crippen molar-refractivity contribution in [1.29, 1.82) is 0 Å². The van der Waals surface area contributed by atoms with E-state index in [1.54, 1.807) is 78.5 Å². The van der Waals surface area contributed by atoms with Crippen LogP contribution in [0.5, 0.6) is 11.5 Å². The number of urea groups is 1. The van der Waals surface area contributed by atoms with E-state index in [-0.39, 0.29) is 22.6 Å². The molecule has 1 aliphatic heterocycles. The van der Waals surface area contributed by atoms with Gasteiger partial charge in [-0.1, -0.05) is 24.3 Å². The maximum atomic E-state index is 13.7. The molecule has 3 amide bonds. The molecular weight excluding hydrogens is 592 g/mol. The number of hydrogen-bond donors (Lipinski definition) is 1.